The number of hydrogen-bond acceptors (Lipinski definition) is 4. The number of β-amino-alcohol motifs (C(OH)–C–C–N with tert-alkyl or cyclic N) is 1. The molecule has 4 aliphatic rings. The fraction of sp³-hybridized carbons (Fsp3) is 0.933. The highest BCUT2D eigenvalue weighted by atomic mass is 35.5. The Bertz CT molecular complexity index is 394. The highest BCUT2D eigenvalue weighted by Gasteiger charge is 2.56. The van der Waals surface area contributed by atoms with Crippen LogP contribution in [0.5, 0.6) is 0 Å². The number of likely N-dealkylation sites (tertiary alicyclic amines) is 1. The normalized spacial score (nSPS) is 40.0. The molecule has 1 unspecified atom stereocenters. The van der Waals surface area contributed by atoms with E-state index in [-0.39, 0.29) is 30.9 Å². The number of hydrogen-bond donors (Lipinski definition) is 2. The molecular weight excluding hydrogens is 325 g/mol. The summed E-state index contributed by atoms with van der Waals surface area (Å²) in [6.45, 7) is 4.33. The van der Waals surface area contributed by atoms with E-state index in [0.29, 0.717) is 42.9 Å². The zero-order valence-electron chi connectivity index (χ0n) is 12.8. The number of halogens is 2. The summed E-state index contributed by atoms with van der Waals surface area (Å²) in [5.41, 5.74) is 0. The number of fused-ring (bicyclic) bond motifs is 5. The minimum atomic E-state index is -0.240. The van der Waals surface area contributed by atoms with Crippen LogP contribution < -0.4 is 5.32 Å². The lowest BCUT2D eigenvalue weighted by atomic mass is 9.82. The molecule has 1 amide bonds. The van der Waals surface area contributed by atoms with Crippen LogP contribution in [0.4, 0.5) is 0 Å². The minimum Gasteiger partial charge on any atom is -0.392 e. The number of amides is 1. The van der Waals surface area contributed by atoms with E-state index in [1.165, 1.54) is 12.8 Å². The van der Waals surface area contributed by atoms with Crippen LogP contribution in [0.1, 0.15) is 25.7 Å². The summed E-state index contributed by atoms with van der Waals surface area (Å²) in [5, 5.41) is 13.2. The molecule has 4 saturated heterocycles. The van der Waals surface area contributed by atoms with Gasteiger partial charge in [-0.25, -0.2) is 0 Å². The molecule has 5 nitrogen and oxygen atoms in total. The van der Waals surface area contributed by atoms with Crippen molar-refractivity contribution >= 4 is 30.7 Å². The lowest BCUT2D eigenvalue weighted by Gasteiger charge is -2.32. The number of rotatable bonds is 2. The third-order valence-electron chi connectivity index (χ3n) is 5.90. The quantitative estimate of drug-likeness (QED) is 0.760. The van der Waals surface area contributed by atoms with E-state index >= 15 is 0 Å². The van der Waals surface area contributed by atoms with Crippen LogP contribution in [0.3, 0.4) is 0 Å². The fourth-order valence-corrected chi connectivity index (χ4v) is 5.09. The van der Waals surface area contributed by atoms with Gasteiger partial charge in [0.1, 0.15) is 0 Å². The predicted octanol–water partition coefficient (Wildman–Crippen LogP) is 0.496. The van der Waals surface area contributed by atoms with Gasteiger partial charge in [-0.15, -0.1) is 24.8 Å². The van der Waals surface area contributed by atoms with Crippen molar-refractivity contribution in [2.45, 2.75) is 43.9 Å². The van der Waals surface area contributed by atoms with Gasteiger partial charge in [0.05, 0.1) is 12.6 Å². The Morgan fingerprint density at radius 2 is 1.73 bits per heavy atom. The van der Waals surface area contributed by atoms with E-state index in [4.69, 9.17) is 0 Å². The SMILES string of the molecule is Cl.Cl.O=C(CN1CCCC(O)C1)N1[C@@H]2CC[C@H]1[C@H]1CNC[C@H]12. The molecule has 0 aromatic carbocycles. The Morgan fingerprint density at radius 1 is 1.09 bits per heavy atom. The summed E-state index contributed by atoms with van der Waals surface area (Å²) < 4.78 is 0. The summed E-state index contributed by atoms with van der Waals surface area (Å²) in [4.78, 5) is 17.1. The topological polar surface area (TPSA) is 55.8 Å². The van der Waals surface area contributed by atoms with Crippen LogP contribution in [-0.2, 0) is 4.79 Å². The highest BCUT2D eigenvalue weighted by molar-refractivity contribution is 5.85. The summed E-state index contributed by atoms with van der Waals surface area (Å²) >= 11 is 0. The predicted molar refractivity (Wildman–Crippen MR) is 89.7 cm³/mol. The second-order valence-electron chi connectivity index (χ2n) is 7.03. The minimum absolute atomic E-state index is 0. The molecule has 0 radical (unpaired) electrons. The third-order valence-corrected chi connectivity index (χ3v) is 5.90. The van der Waals surface area contributed by atoms with Gasteiger partial charge in [0.25, 0.3) is 0 Å². The first-order valence-electron chi connectivity index (χ1n) is 8.16. The van der Waals surface area contributed by atoms with Crippen LogP contribution >= 0.6 is 24.8 Å². The van der Waals surface area contributed by atoms with Crippen molar-refractivity contribution in [2.24, 2.45) is 11.8 Å². The maximum Gasteiger partial charge on any atom is 0.237 e. The van der Waals surface area contributed by atoms with E-state index in [2.05, 4.69) is 15.1 Å². The summed E-state index contributed by atoms with van der Waals surface area (Å²) in [6, 6.07) is 0.976. The standard InChI is InChI=1S/C15H25N3O2.2ClH/c19-10-2-1-5-17(8-10)9-15(20)18-13-3-4-14(18)12-7-16-6-11(12)13;;/h10-14,16,19H,1-9H2;2*1H/t10?,11-,12+,13-,14+;;. The first-order valence-corrected chi connectivity index (χ1v) is 8.16. The summed E-state index contributed by atoms with van der Waals surface area (Å²) in [7, 11) is 0. The van der Waals surface area contributed by atoms with Gasteiger partial charge in [0.2, 0.25) is 5.91 Å². The van der Waals surface area contributed by atoms with Gasteiger partial charge in [-0.3, -0.25) is 9.69 Å². The van der Waals surface area contributed by atoms with Crippen LogP contribution in [-0.4, -0.2) is 71.7 Å². The molecule has 5 atom stereocenters. The smallest absolute Gasteiger partial charge is 0.237 e. The molecule has 128 valence electrons. The first-order chi connectivity index (χ1) is 9.74. The van der Waals surface area contributed by atoms with Gasteiger partial charge in [0, 0.05) is 31.7 Å². The molecule has 0 aromatic rings. The maximum absolute atomic E-state index is 12.7. The Morgan fingerprint density at radius 3 is 2.32 bits per heavy atom. The fourth-order valence-electron chi connectivity index (χ4n) is 5.09. The molecule has 4 fully saturated rings. The lowest BCUT2D eigenvalue weighted by Crippen LogP contribution is -2.48. The average molecular weight is 352 g/mol. The van der Waals surface area contributed by atoms with Gasteiger partial charge in [0.15, 0.2) is 0 Å². The number of piperidine rings is 1. The van der Waals surface area contributed by atoms with E-state index in [1.54, 1.807) is 0 Å². The molecule has 2 N–H and O–H groups in total. The number of nitrogens with zero attached hydrogens (tertiary/aromatic N) is 2. The Hall–Kier alpha value is -0.0700. The van der Waals surface area contributed by atoms with Crippen molar-refractivity contribution in [3.8, 4) is 0 Å². The number of carbonyl (C=O) groups is 1. The van der Waals surface area contributed by atoms with Crippen molar-refractivity contribution in [1.82, 2.24) is 15.1 Å². The summed E-state index contributed by atoms with van der Waals surface area (Å²) in [5.74, 6) is 1.70. The number of aliphatic hydroxyl groups excluding tert-OH is 1. The van der Waals surface area contributed by atoms with Crippen molar-refractivity contribution in [3.63, 3.8) is 0 Å². The van der Waals surface area contributed by atoms with Crippen molar-refractivity contribution < 1.29 is 9.90 Å². The monoisotopic (exact) mass is 351 g/mol. The van der Waals surface area contributed by atoms with Gasteiger partial charge in [-0.2, -0.15) is 0 Å². The van der Waals surface area contributed by atoms with E-state index in [9.17, 15) is 9.90 Å². The molecule has 4 aliphatic heterocycles. The molecule has 0 spiro atoms. The van der Waals surface area contributed by atoms with Crippen LogP contribution in [0.15, 0.2) is 0 Å². The second-order valence-corrected chi connectivity index (χ2v) is 7.03. The largest absolute Gasteiger partial charge is 0.392 e. The van der Waals surface area contributed by atoms with Crippen molar-refractivity contribution in [3.05, 3.63) is 0 Å². The van der Waals surface area contributed by atoms with Crippen molar-refractivity contribution in [1.29, 1.82) is 0 Å². The number of carbonyl (C=O) groups excluding carboxylic acids is 1. The summed E-state index contributed by atoms with van der Waals surface area (Å²) in [6.07, 6.45) is 4.05. The zero-order valence-corrected chi connectivity index (χ0v) is 14.5. The molecule has 7 heteroatoms. The van der Waals surface area contributed by atoms with Crippen LogP contribution in [0.25, 0.3) is 0 Å². The Labute approximate surface area is 144 Å². The van der Waals surface area contributed by atoms with Gasteiger partial charge in [-0.05, 0) is 44.1 Å². The Kier molecular flexibility index (Phi) is 6.00. The molecular formula is C15H27Cl2N3O2. The molecule has 2 bridgehead atoms. The van der Waals surface area contributed by atoms with Crippen LogP contribution in [0, 0.1) is 11.8 Å². The second kappa shape index (κ2) is 7.22. The number of aliphatic hydroxyl groups is 1. The number of nitrogens with one attached hydrogen (secondary N) is 1. The average Bonchev–Trinajstić information content (AvgIpc) is 3.10. The maximum atomic E-state index is 12.7. The molecule has 4 rings (SSSR count). The molecule has 4 heterocycles. The lowest BCUT2D eigenvalue weighted by molar-refractivity contribution is -0.134. The van der Waals surface area contributed by atoms with Gasteiger partial charge in [-0.1, -0.05) is 0 Å². The van der Waals surface area contributed by atoms with E-state index < -0.39 is 0 Å². The van der Waals surface area contributed by atoms with E-state index in [0.717, 1.165) is 32.5 Å². The first kappa shape index (κ1) is 18.3. The molecule has 0 aliphatic carbocycles. The van der Waals surface area contributed by atoms with E-state index in [1.807, 2.05) is 0 Å². The Balaban J connectivity index is 0.000000882. The molecule has 0 aromatic heterocycles. The highest BCUT2D eigenvalue weighted by Crippen LogP contribution is 2.47. The molecule has 0 saturated carbocycles. The molecule has 22 heavy (non-hydrogen) atoms. The zero-order chi connectivity index (χ0) is 13.7. The van der Waals surface area contributed by atoms with Gasteiger partial charge >= 0.3 is 0 Å². The van der Waals surface area contributed by atoms with Gasteiger partial charge < -0.3 is 15.3 Å². The van der Waals surface area contributed by atoms with Crippen LogP contribution in [0.2, 0.25) is 0 Å². The third kappa shape index (κ3) is 2.98. The van der Waals surface area contributed by atoms with Crippen molar-refractivity contribution in [2.75, 3.05) is 32.7 Å².